The zero-order chi connectivity index (χ0) is 15.1. The van der Waals surface area contributed by atoms with Gasteiger partial charge in [0.1, 0.15) is 0 Å². The standard InChI is InChI=1S/C15H20N2O3/c1-15(2,3)12-10-7-6-9(14(19)17(4)20-5)8-11(10)16-13(12)18/h6-8,12H,1-5H3,(H,16,18). The molecule has 1 aromatic rings. The molecule has 0 radical (unpaired) electrons. The van der Waals surface area contributed by atoms with Gasteiger partial charge in [-0.2, -0.15) is 0 Å². The lowest BCUT2D eigenvalue weighted by Gasteiger charge is -2.25. The Bertz CT molecular complexity index is 561. The maximum Gasteiger partial charge on any atom is 0.277 e. The van der Waals surface area contributed by atoms with Gasteiger partial charge in [-0.3, -0.25) is 14.4 Å². The normalized spacial score (nSPS) is 17.6. The van der Waals surface area contributed by atoms with Crippen molar-refractivity contribution in [2.45, 2.75) is 26.7 Å². The van der Waals surface area contributed by atoms with Gasteiger partial charge < -0.3 is 5.32 Å². The van der Waals surface area contributed by atoms with Crippen LogP contribution in [0.3, 0.4) is 0 Å². The van der Waals surface area contributed by atoms with Crippen molar-refractivity contribution in [1.29, 1.82) is 0 Å². The first-order valence-corrected chi connectivity index (χ1v) is 6.52. The molecule has 1 atom stereocenters. The van der Waals surface area contributed by atoms with Gasteiger partial charge in [0.25, 0.3) is 5.91 Å². The van der Waals surface area contributed by atoms with E-state index in [4.69, 9.17) is 4.84 Å². The SMILES string of the molecule is CON(C)C(=O)c1ccc2c(c1)NC(=O)C2C(C)(C)C. The summed E-state index contributed by atoms with van der Waals surface area (Å²) in [5, 5.41) is 4.01. The molecule has 0 aliphatic carbocycles. The molecule has 1 aliphatic rings. The van der Waals surface area contributed by atoms with E-state index in [-0.39, 0.29) is 23.1 Å². The zero-order valence-electron chi connectivity index (χ0n) is 12.5. The highest BCUT2D eigenvalue weighted by Gasteiger charge is 2.39. The lowest BCUT2D eigenvalue weighted by atomic mass is 9.77. The van der Waals surface area contributed by atoms with E-state index >= 15 is 0 Å². The number of hydrogen-bond donors (Lipinski definition) is 1. The number of fused-ring (bicyclic) bond motifs is 1. The minimum absolute atomic E-state index is 0.0165. The summed E-state index contributed by atoms with van der Waals surface area (Å²) < 4.78 is 0. The minimum Gasteiger partial charge on any atom is -0.325 e. The third-order valence-corrected chi connectivity index (χ3v) is 3.56. The molecule has 1 unspecified atom stereocenters. The molecule has 0 spiro atoms. The number of carbonyl (C=O) groups is 2. The van der Waals surface area contributed by atoms with Crippen molar-refractivity contribution in [3.8, 4) is 0 Å². The number of rotatable bonds is 2. The number of anilines is 1. The summed E-state index contributed by atoms with van der Waals surface area (Å²) in [6.07, 6.45) is 0. The molecule has 20 heavy (non-hydrogen) atoms. The third-order valence-electron chi connectivity index (χ3n) is 3.56. The summed E-state index contributed by atoms with van der Waals surface area (Å²) in [6.45, 7) is 6.10. The van der Waals surface area contributed by atoms with Crippen LogP contribution in [0.5, 0.6) is 0 Å². The number of hydroxylamine groups is 2. The summed E-state index contributed by atoms with van der Waals surface area (Å²) in [5.41, 5.74) is 1.98. The van der Waals surface area contributed by atoms with Crippen molar-refractivity contribution in [3.63, 3.8) is 0 Å². The Morgan fingerprint density at radius 3 is 2.55 bits per heavy atom. The highest BCUT2D eigenvalue weighted by molar-refractivity contribution is 6.05. The molecule has 0 aromatic heterocycles. The van der Waals surface area contributed by atoms with E-state index in [1.54, 1.807) is 19.2 Å². The molecule has 5 nitrogen and oxygen atoms in total. The van der Waals surface area contributed by atoms with Crippen LogP contribution < -0.4 is 5.32 Å². The average Bonchev–Trinajstić information content (AvgIpc) is 2.71. The van der Waals surface area contributed by atoms with Crippen molar-refractivity contribution in [2.24, 2.45) is 5.41 Å². The molecule has 2 rings (SSSR count). The zero-order valence-corrected chi connectivity index (χ0v) is 12.5. The van der Waals surface area contributed by atoms with E-state index in [0.29, 0.717) is 11.3 Å². The maximum absolute atomic E-state index is 12.1. The van der Waals surface area contributed by atoms with Crippen LogP contribution in [0.1, 0.15) is 42.6 Å². The quantitative estimate of drug-likeness (QED) is 0.844. The number of benzene rings is 1. The highest BCUT2D eigenvalue weighted by atomic mass is 16.7. The molecule has 108 valence electrons. The van der Waals surface area contributed by atoms with Crippen molar-refractivity contribution in [2.75, 3.05) is 19.5 Å². The summed E-state index contributed by atoms with van der Waals surface area (Å²) in [4.78, 5) is 29.0. The van der Waals surface area contributed by atoms with E-state index in [1.165, 1.54) is 7.11 Å². The largest absolute Gasteiger partial charge is 0.325 e. The van der Waals surface area contributed by atoms with Gasteiger partial charge in [0.15, 0.2) is 0 Å². The molecule has 1 aromatic carbocycles. The van der Waals surface area contributed by atoms with E-state index in [9.17, 15) is 9.59 Å². The molecule has 1 heterocycles. The van der Waals surface area contributed by atoms with E-state index in [2.05, 4.69) is 5.32 Å². The molecule has 0 bridgehead atoms. The summed E-state index contributed by atoms with van der Waals surface area (Å²) in [6, 6.07) is 5.28. The second-order valence-electron chi connectivity index (χ2n) is 6.08. The van der Waals surface area contributed by atoms with Crippen LogP contribution >= 0.6 is 0 Å². The van der Waals surface area contributed by atoms with Gasteiger partial charge in [-0.25, -0.2) is 5.06 Å². The van der Waals surface area contributed by atoms with E-state index in [0.717, 1.165) is 10.6 Å². The minimum atomic E-state index is -0.247. The monoisotopic (exact) mass is 276 g/mol. The first-order valence-electron chi connectivity index (χ1n) is 6.52. The Hall–Kier alpha value is -1.88. The van der Waals surface area contributed by atoms with E-state index in [1.807, 2.05) is 26.8 Å². The third kappa shape index (κ3) is 2.41. The number of nitrogens with zero attached hydrogens (tertiary/aromatic N) is 1. The van der Waals surface area contributed by atoms with Gasteiger partial charge >= 0.3 is 0 Å². The van der Waals surface area contributed by atoms with Crippen LogP contribution in [0, 0.1) is 5.41 Å². The van der Waals surface area contributed by atoms with Gasteiger partial charge in [0, 0.05) is 18.3 Å². The molecule has 1 aliphatic heterocycles. The Labute approximate surface area is 118 Å². The first kappa shape index (κ1) is 14.5. The van der Waals surface area contributed by atoms with Crippen LogP contribution in [0.2, 0.25) is 0 Å². The predicted octanol–water partition coefficient (Wildman–Crippen LogP) is 2.40. The lowest BCUT2D eigenvalue weighted by Crippen LogP contribution is -2.25. The summed E-state index contributed by atoms with van der Waals surface area (Å²) in [5.74, 6) is -0.456. The molecular formula is C15H20N2O3. The second kappa shape index (κ2) is 4.90. The molecule has 2 amide bonds. The molecule has 5 heteroatoms. The van der Waals surface area contributed by atoms with Gasteiger partial charge in [-0.1, -0.05) is 26.8 Å². The van der Waals surface area contributed by atoms with Gasteiger partial charge in [0.2, 0.25) is 5.91 Å². The van der Waals surface area contributed by atoms with Crippen molar-refractivity contribution in [3.05, 3.63) is 29.3 Å². The predicted molar refractivity (Wildman–Crippen MR) is 76.4 cm³/mol. The molecule has 0 saturated carbocycles. The fraction of sp³-hybridized carbons (Fsp3) is 0.467. The fourth-order valence-electron chi connectivity index (χ4n) is 2.52. The number of carbonyl (C=O) groups excluding carboxylic acids is 2. The van der Waals surface area contributed by atoms with Crippen LogP contribution in [0.25, 0.3) is 0 Å². The van der Waals surface area contributed by atoms with Crippen molar-refractivity contribution in [1.82, 2.24) is 5.06 Å². The molecular weight excluding hydrogens is 256 g/mol. The Morgan fingerprint density at radius 2 is 2.00 bits per heavy atom. The van der Waals surface area contributed by atoms with Crippen molar-refractivity contribution >= 4 is 17.5 Å². The topological polar surface area (TPSA) is 58.6 Å². The van der Waals surface area contributed by atoms with Gasteiger partial charge in [-0.15, -0.1) is 0 Å². The van der Waals surface area contributed by atoms with Crippen LogP contribution in [0.15, 0.2) is 18.2 Å². The number of nitrogens with one attached hydrogen (secondary N) is 1. The van der Waals surface area contributed by atoms with Crippen LogP contribution in [-0.2, 0) is 9.63 Å². The van der Waals surface area contributed by atoms with E-state index < -0.39 is 0 Å². The summed E-state index contributed by atoms with van der Waals surface area (Å²) >= 11 is 0. The number of hydrogen-bond acceptors (Lipinski definition) is 3. The van der Waals surface area contributed by atoms with Crippen LogP contribution in [0.4, 0.5) is 5.69 Å². The second-order valence-corrected chi connectivity index (χ2v) is 6.08. The van der Waals surface area contributed by atoms with Gasteiger partial charge in [-0.05, 0) is 23.1 Å². The Kier molecular flexibility index (Phi) is 3.56. The van der Waals surface area contributed by atoms with Crippen molar-refractivity contribution < 1.29 is 14.4 Å². The average molecular weight is 276 g/mol. The summed E-state index contributed by atoms with van der Waals surface area (Å²) in [7, 11) is 2.98. The van der Waals surface area contributed by atoms with Gasteiger partial charge in [0.05, 0.1) is 13.0 Å². The molecule has 1 N–H and O–H groups in total. The lowest BCUT2D eigenvalue weighted by molar-refractivity contribution is -0.119. The smallest absolute Gasteiger partial charge is 0.277 e. The number of amides is 2. The fourth-order valence-corrected chi connectivity index (χ4v) is 2.52. The first-order chi connectivity index (χ1) is 9.25. The Balaban J connectivity index is 2.39. The van der Waals surface area contributed by atoms with Crippen LogP contribution in [-0.4, -0.2) is 31.0 Å². The molecule has 0 saturated heterocycles. The Morgan fingerprint density at radius 1 is 1.35 bits per heavy atom. The highest BCUT2D eigenvalue weighted by Crippen LogP contribution is 2.43. The molecule has 0 fully saturated rings. The maximum atomic E-state index is 12.1.